The van der Waals surface area contributed by atoms with Gasteiger partial charge in [-0.1, -0.05) is 53.5 Å². The first-order valence-corrected chi connectivity index (χ1v) is 9.07. The molecule has 2 aromatic rings. The lowest BCUT2D eigenvalue weighted by Crippen LogP contribution is -2.51. The van der Waals surface area contributed by atoms with Crippen LogP contribution in [0.1, 0.15) is 12.5 Å². The molecule has 0 aliphatic rings. The first kappa shape index (κ1) is 21.0. The predicted molar refractivity (Wildman–Crippen MR) is 109 cm³/mol. The second kappa shape index (κ2) is 10.1. The van der Waals surface area contributed by atoms with Gasteiger partial charge in [0.2, 0.25) is 5.91 Å². The second-order valence-electron chi connectivity index (χ2n) is 5.49. The van der Waals surface area contributed by atoms with E-state index in [9.17, 15) is 9.59 Å². The summed E-state index contributed by atoms with van der Waals surface area (Å²) in [4.78, 5) is 24.0. The monoisotopic (exact) mass is 425 g/mol. The number of hydrogen-bond donors (Lipinski definition) is 3. The average Bonchev–Trinajstić information content (AvgIpc) is 2.63. The van der Waals surface area contributed by atoms with Crippen molar-refractivity contribution in [3.63, 3.8) is 0 Å². The van der Waals surface area contributed by atoms with Gasteiger partial charge in [-0.2, -0.15) is 0 Å². The van der Waals surface area contributed by atoms with E-state index in [1.54, 1.807) is 12.1 Å². The van der Waals surface area contributed by atoms with Crippen LogP contribution in [0.5, 0.6) is 5.75 Å². The third kappa shape index (κ3) is 7.05. The van der Waals surface area contributed by atoms with Gasteiger partial charge < -0.3 is 4.74 Å². The quantitative estimate of drug-likeness (QED) is 0.506. The maximum atomic E-state index is 12.1. The molecule has 27 heavy (non-hydrogen) atoms. The van der Waals surface area contributed by atoms with Crippen LogP contribution in [0.3, 0.4) is 0 Å². The fourth-order valence-corrected chi connectivity index (χ4v) is 2.62. The third-order valence-electron chi connectivity index (χ3n) is 3.33. The van der Waals surface area contributed by atoms with E-state index in [1.807, 2.05) is 30.3 Å². The first-order valence-electron chi connectivity index (χ1n) is 7.90. The number of carbonyl (C=O) groups is 2. The van der Waals surface area contributed by atoms with Gasteiger partial charge in [-0.25, -0.2) is 0 Å². The number of halogens is 2. The highest BCUT2D eigenvalue weighted by Crippen LogP contribution is 2.28. The molecule has 0 spiro atoms. The molecule has 2 aromatic carbocycles. The molecule has 6 nitrogen and oxygen atoms in total. The standard InChI is InChI=1S/C18H17Cl2N3O3S/c1-11(26-15-8-7-13(19)10-14(15)20)17(25)21-18(27)23-22-16(24)9-12-5-3-2-4-6-12/h2-8,10-11H,9H2,1H3,(H,22,24)(H2,21,23,25,27). The van der Waals surface area contributed by atoms with E-state index in [4.69, 9.17) is 40.2 Å². The molecule has 0 bridgehead atoms. The summed E-state index contributed by atoms with van der Waals surface area (Å²) in [7, 11) is 0. The van der Waals surface area contributed by atoms with Gasteiger partial charge in [0.15, 0.2) is 11.2 Å². The van der Waals surface area contributed by atoms with Gasteiger partial charge in [-0.05, 0) is 42.9 Å². The first-order chi connectivity index (χ1) is 12.8. The zero-order valence-corrected chi connectivity index (χ0v) is 16.6. The molecule has 9 heteroatoms. The Labute approximate surface area is 172 Å². The molecule has 0 radical (unpaired) electrons. The Kier molecular flexibility index (Phi) is 7.84. The normalized spacial score (nSPS) is 11.2. The van der Waals surface area contributed by atoms with Crippen molar-refractivity contribution in [2.75, 3.05) is 0 Å². The molecule has 3 N–H and O–H groups in total. The zero-order valence-electron chi connectivity index (χ0n) is 14.3. The van der Waals surface area contributed by atoms with Crippen LogP contribution in [0.15, 0.2) is 48.5 Å². The van der Waals surface area contributed by atoms with Crippen molar-refractivity contribution in [2.24, 2.45) is 0 Å². The highest BCUT2D eigenvalue weighted by molar-refractivity contribution is 7.80. The SMILES string of the molecule is CC(Oc1ccc(Cl)cc1Cl)C(=O)NC(=S)NNC(=O)Cc1ccccc1. The highest BCUT2D eigenvalue weighted by atomic mass is 35.5. The van der Waals surface area contributed by atoms with E-state index in [0.29, 0.717) is 10.8 Å². The average molecular weight is 426 g/mol. The second-order valence-corrected chi connectivity index (χ2v) is 6.74. The van der Waals surface area contributed by atoms with Crippen LogP contribution >= 0.6 is 35.4 Å². The molecule has 0 heterocycles. The Bertz CT molecular complexity index is 834. The lowest BCUT2D eigenvalue weighted by atomic mass is 10.1. The third-order valence-corrected chi connectivity index (χ3v) is 4.06. The number of ether oxygens (including phenoxy) is 1. The molecule has 2 amide bonds. The minimum Gasteiger partial charge on any atom is -0.479 e. The summed E-state index contributed by atoms with van der Waals surface area (Å²) < 4.78 is 5.49. The highest BCUT2D eigenvalue weighted by Gasteiger charge is 2.17. The van der Waals surface area contributed by atoms with Crippen LogP contribution in [0.2, 0.25) is 10.0 Å². The van der Waals surface area contributed by atoms with Gasteiger partial charge in [0.25, 0.3) is 5.91 Å². The summed E-state index contributed by atoms with van der Waals surface area (Å²) in [5.74, 6) is -0.482. The Hall–Kier alpha value is -2.35. The lowest BCUT2D eigenvalue weighted by Gasteiger charge is -2.16. The minimum absolute atomic E-state index is 0.0564. The van der Waals surface area contributed by atoms with E-state index < -0.39 is 12.0 Å². The Balaban J connectivity index is 1.77. The van der Waals surface area contributed by atoms with E-state index in [0.717, 1.165) is 5.56 Å². The molecule has 0 saturated carbocycles. The van der Waals surface area contributed by atoms with Crippen LogP contribution < -0.4 is 20.9 Å². The van der Waals surface area contributed by atoms with Crippen LogP contribution in [0.25, 0.3) is 0 Å². The van der Waals surface area contributed by atoms with Gasteiger partial charge in [0, 0.05) is 5.02 Å². The summed E-state index contributed by atoms with van der Waals surface area (Å²) >= 11 is 16.8. The summed E-state index contributed by atoms with van der Waals surface area (Å²) in [5.41, 5.74) is 5.75. The molecule has 0 aliphatic heterocycles. The van der Waals surface area contributed by atoms with Gasteiger partial charge in [-0.3, -0.25) is 25.8 Å². The fourth-order valence-electron chi connectivity index (χ4n) is 2.01. The Morgan fingerprint density at radius 3 is 2.48 bits per heavy atom. The summed E-state index contributed by atoms with van der Waals surface area (Å²) in [5, 5.41) is 3.11. The van der Waals surface area contributed by atoms with Crippen molar-refractivity contribution in [2.45, 2.75) is 19.4 Å². The van der Waals surface area contributed by atoms with Crippen molar-refractivity contribution < 1.29 is 14.3 Å². The smallest absolute Gasteiger partial charge is 0.266 e. The molecule has 0 aliphatic carbocycles. The van der Waals surface area contributed by atoms with Gasteiger partial charge in [-0.15, -0.1) is 0 Å². The molecule has 1 unspecified atom stereocenters. The van der Waals surface area contributed by atoms with Gasteiger partial charge >= 0.3 is 0 Å². The predicted octanol–water partition coefficient (Wildman–Crippen LogP) is 3.03. The number of carbonyl (C=O) groups excluding carboxylic acids is 2. The number of rotatable bonds is 5. The fraction of sp³-hybridized carbons (Fsp3) is 0.167. The van der Waals surface area contributed by atoms with Crippen molar-refractivity contribution >= 4 is 52.3 Å². The largest absolute Gasteiger partial charge is 0.479 e. The Morgan fingerprint density at radius 1 is 1.11 bits per heavy atom. The number of amides is 2. The van der Waals surface area contributed by atoms with Crippen molar-refractivity contribution in [3.8, 4) is 5.75 Å². The summed E-state index contributed by atoms with van der Waals surface area (Å²) in [6.45, 7) is 1.54. The number of nitrogens with one attached hydrogen (secondary N) is 3. The molecule has 0 saturated heterocycles. The number of hydrogen-bond acceptors (Lipinski definition) is 4. The van der Waals surface area contributed by atoms with Crippen LogP contribution in [0, 0.1) is 0 Å². The number of hydrazine groups is 1. The molecular formula is C18H17Cl2N3O3S. The maximum absolute atomic E-state index is 12.1. The molecule has 0 fully saturated rings. The lowest BCUT2D eigenvalue weighted by molar-refractivity contribution is -0.126. The number of benzene rings is 2. The van der Waals surface area contributed by atoms with Gasteiger partial charge in [0.05, 0.1) is 11.4 Å². The topological polar surface area (TPSA) is 79.5 Å². The van der Waals surface area contributed by atoms with E-state index in [-0.39, 0.29) is 22.5 Å². The molecule has 142 valence electrons. The van der Waals surface area contributed by atoms with E-state index in [1.165, 1.54) is 13.0 Å². The Morgan fingerprint density at radius 2 is 1.81 bits per heavy atom. The number of thiocarbonyl (C=S) groups is 1. The van der Waals surface area contributed by atoms with Gasteiger partial charge in [0.1, 0.15) is 5.75 Å². The summed E-state index contributed by atoms with van der Waals surface area (Å²) in [6.07, 6.45) is -0.692. The molecule has 0 aromatic heterocycles. The van der Waals surface area contributed by atoms with Crippen molar-refractivity contribution in [3.05, 3.63) is 64.1 Å². The van der Waals surface area contributed by atoms with Crippen LogP contribution in [0.4, 0.5) is 0 Å². The molecular weight excluding hydrogens is 409 g/mol. The van der Waals surface area contributed by atoms with Crippen molar-refractivity contribution in [1.29, 1.82) is 0 Å². The minimum atomic E-state index is -0.872. The molecule has 1 atom stereocenters. The van der Waals surface area contributed by atoms with E-state index >= 15 is 0 Å². The zero-order chi connectivity index (χ0) is 19.8. The summed E-state index contributed by atoms with van der Waals surface area (Å²) in [6, 6.07) is 13.9. The van der Waals surface area contributed by atoms with E-state index in [2.05, 4.69) is 16.2 Å². The van der Waals surface area contributed by atoms with Crippen molar-refractivity contribution in [1.82, 2.24) is 16.2 Å². The maximum Gasteiger partial charge on any atom is 0.266 e. The van der Waals surface area contributed by atoms with Crippen LogP contribution in [-0.4, -0.2) is 23.0 Å². The van der Waals surface area contributed by atoms with Crippen LogP contribution in [-0.2, 0) is 16.0 Å². The molecule has 2 rings (SSSR count).